The number of hydrogen-bond acceptors (Lipinski definition) is 5. The van der Waals surface area contributed by atoms with Crippen LogP contribution in [0.25, 0.3) is 17.0 Å². The molecule has 0 unspecified atom stereocenters. The molecule has 0 radical (unpaired) electrons. The molecule has 2 aromatic heterocycles. The van der Waals surface area contributed by atoms with Crippen molar-refractivity contribution in [2.75, 3.05) is 19.5 Å². The second kappa shape index (κ2) is 7.92. The largest absolute Gasteiger partial charge is 0.497 e. The van der Waals surface area contributed by atoms with Crippen molar-refractivity contribution in [1.82, 2.24) is 14.4 Å². The molecule has 0 saturated heterocycles. The first kappa shape index (κ1) is 18.9. The molecule has 7 nitrogen and oxygen atoms in total. The standard InChI is InChI=1S/C21H17BrN4O3/c1-28-14-5-6-16(22)15(11-14)20(27)24-17-10-13(4-7-19(17)29-2)18-12-26-9-3-8-23-21(26)25-18/h3-12H,1-2H3,(H,24,27). The number of imidazole rings is 1. The molecule has 0 atom stereocenters. The Bertz CT molecular complexity index is 1170. The van der Waals surface area contributed by atoms with Crippen LogP contribution in [0, 0.1) is 0 Å². The van der Waals surface area contributed by atoms with Gasteiger partial charge in [0, 0.05) is 28.6 Å². The smallest absolute Gasteiger partial charge is 0.257 e. The summed E-state index contributed by atoms with van der Waals surface area (Å²) in [6.45, 7) is 0. The van der Waals surface area contributed by atoms with Crippen LogP contribution in [0.4, 0.5) is 5.69 Å². The number of rotatable bonds is 5. The predicted molar refractivity (Wildman–Crippen MR) is 114 cm³/mol. The minimum atomic E-state index is -0.289. The lowest BCUT2D eigenvalue weighted by molar-refractivity contribution is 0.102. The topological polar surface area (TPSA) is 77.8 Å². The minimum Gasteiger partial charge on any atom is -0.497 e. The van der Waals surface area contributed by atoms with Gasteiger partial charge >= 0.3 is 0 Å². The number of carbonyl (C=O) groups excluding carboxylic acids is 1. The highest BCUT2D eigenvalue weighted by molar-refractivity contribution is 9.10. The molecule has 0 spiro atoms. The van der Waals surface area contributed by atoms with Crippen molar-refractivity contribution in [3.63, 3.8) is 0 Å². The quantitative estimate of drug-likeness (QED) is 0.484. The molecule has 2 heterocycles. The first-order valence-corrected chi connectivity index (χ1v) is 9.51. The van der Waals surface area contributed by atoms with Gasteiger partial charge in [-0.05, 0) is 58.4 Å². The van der Waals surface area contributed by atoms with Crippen molar-refractivity contribution in [3.05, 3.63) is 71.1 Å². The maximum atomic E-state index is 12.9. The van der Waals surface area contributed by atoms with Crippen LogP contribution >= 0.6 is 15.9 Å². The molecular weight excluding hydrogens is 436 g/mol. The molecular formula is C21H17BrN4O3. The Balaban J connectivity index is 1.69. The van der Waals surface area contributed by atoms with E-state index < -0.39 is 0 Å². The Morgan fingerprint density at radius 3 is 2.76 bits per heavy atom. The molecule has 1 amide bonds. The van der Waals surface area contributed by atoms with Crippen LogP contribution in [0.15, 0.2) is 65.5 Å². The maximum Gasteiger partial charge on any atom is 0.257 e. The van der Waals surface area contributed by atoms with Crippen molar-refractivity contribution >= 4 is 33.3 Å². The summed E-state index contributed by atoms with van der Waals surface area (Å²) in [6, 6.07) is 12.6. The lowest BCUT2D eigenvalue weighted by atomic mass is 10.1. The molecule has 1 N–H and O–H groups in total. The van der Waals surface area contributed by atoms with Crippen molar-refractivity contribution in [2.24, 2.45) is 0 Å². The number of ether oxygens (including phenoxy) is 2. The van der Waals surface area contributed by atoms with Gasteiger partial charge in [-0.3, -0.25) is 9.20 Å². The fourth-order valence-corrected chi connectivity index (χ4v) is 3.36. The molecule has 4 rings (SSSR count). The average Bonchev–Trinajstić information content (AvgIpc) is 3.18. The Morgan fingerprint density at radius 1 is 1.14 bits per heavy atom. The summed E-state index contributed by atoms with van der Waals surface area (Å²) in [7, 11) is 3.11. The third kappa shape index (κ3) is 3.79. The lowest BCUT2D eigenvalue weighted by Crippen LogP contribution is -2.13. The Hall–Kier alpha value is -3.39. The highest BCUT2D eigenvalue weighted by atomic mass is 79.9. The van der Waals surface area contributed by atoms with Crippen molar-refractivity contribution in [3.8, 4) is 22.8 Å². The zero-order valence-corrected chi connectivity index (χ0v) is 17.3. The van der Waals surface area contributed by atoms with Crippen LogP contribution in [0.2, 0.25) is 0 Å². The van der Waals surface area contributed by atoms with Crippen LogP contribution in [0.1, 0.15) is 10.4 Å². The second-order valence-corrected chi connectivity index (χ2v) is 7.02. The van der Waals surface area contributed by atoms with Crippen molar-refractivity contribution in [2.45, 2.75) is 0 Å². The van der Waals surface area contributed by atoms with E-state index in [2.05, 4.69) is 31.2 Å². The molecule has 0 aliphatic heterocycles. The van der Waals surface area contributed by atoms with E-state index in [0.29, 0.717) is 33.0 Å². The number of amides is 1. The number of hydrogen-bond donors (Lipinski definition) is 1. The number of fused-ring (bicyclic) bond motifs is 1. The molecule has 29 heavy (non-hydrogen) atoms. The summed E-state index contributed by atoms with van der Waals surface area (Å²) >= 11 is 3.41. The number of halogens is 1. The lowest BCUT2D eigenvalue weighted by Gasteiger charge is -2.13. The van der Waals surface area contributed by atoms with Gasteiger partial charge in [0.15, 0.2) is 0 Å². The Morgan fingerprint density at radius 2 is 2.00 bits per heavy atom. The van der Waals surface area contributed by atoms with Crippen LogP contribution in [0.3, 0.4) is 0 Å². The van der Waals surface area contributed by atoms with Gasteiger partial charge in [0.1, 0.15) is 11.5 Å². The molecule has 8 heteroatoms. The number of nitrogens with one attached hydrogen (secondary N) is 1. The normalized spacial score (nSPS) is 10.7. The number of aromatic nitrogens is 3. The number of benzene rings is 2. The van der Waals surface area contributed by atoms with E-state index >= 15 is 0 Å². The third-order valence-electron chi connectivity index (χ3n) is 4.40. The fourth-order valence-electron chi connectivity index (χ4n) is 2.93. The van der Waals surface area contributed by atoms with Crippen LogP contribution in [0.5, 0.6) is 11.5 Å². The molecule has 0 aliphatic carbocycles. The van der Waals surface area contributed by atoms with Gasteiger partial charge in [0.05, 0.1) is 31.2 Å². The van der Waals surface area contributed by atoms with E-state index in [9.17, 15) is 4.79 Å². The van der Waals surface area contributed by atoms with E-state index in [1.807, 2.05) is 35.0 Å². The van der Waals surface area contributed by atoms with E-state index in [1.54, 1.807) is 44.7 Å². The number of nitrogens with zero attached hydrogens (tertiary/aromatic N) is 3. The second-order valence-electron chi connectivity index (χ2n) is 6.17. The van der Waals surface area contributed by atoms with Gasteiger partial charge in [0.25, 0.3) is 5.91 Å². The molecule has 4 aromatic rings. The monoisotopic (exact) mass is 452 g/mol. The fraction of sp³-hybridized carbons (Fsp3) is 0.0952. The van der Waals surface area contributed by atoms with Crippen LogP contribution in [-0.2, 0) is 0 Å². The summed E-state index contributed by atoms with van der Waals surface area (Å²) in [4.78, 5) is 21.6. The minimum absolute atomic E-state index is 0.289. The van der Waals surface area contributed by atoms with Gasteiger partial charge in [-0.15, -0.1) is 0 Å². The van der Waals surface area contributed by atoms with Crippen LogP contribution < -0.4 is 14.8 Å². The SMILES string of the molecule is COc1ccc(Br)c(C(=O)Nc2cc(-c3cn4cccnc4n3)ccc2OC)c1. The predicted octanol–water partition coefficient (Wildman–Crippen LogP) is 4.43. The van der Waals surface area contributed by atoms with Gasteiger partial charge < -0.3 is 14.8 Å². The summed E-state index contributed by atoms with van der Waals surface area (Å²) in [5.74, 6) is 1.45. The van der Waals surface area contributed by atoms with E-state index in [0.717, 1.165) is 11.3 Å². The molecule has 146 valence electrons. The Kier molecular flexibility index (Phi) is 5.18. The average molecular weight is 453 g/mol. The van der Waals surface area contributed by atoms with Gasteiger partial charge in [-0.25, -0.2) is 9.97 Å². The van der Waals surface area contributed by atoms with Crippen molar-refractivity contribution < 1.29 is 14.3 Å². The highest BCUT2D eigenvalue weighted by Crippen LogP contribution is 2.31. The molecule has 2 aromatic carbocycles. The van der Waals surface area contributed by atoms with Crippen LogP contribution in [-0.4, -0.2) is 34.5 Å². The van der Waals surface area contributed by atoms with Gasteiger partial charge in [-0.2, -0.15) is 0 Å². The number of carbonyl (C=O) groups is 1. The maximum absolute atomic E-state index is 12.9. The molecule has 0 aliphatic rings. The molecule has 0 fully saturated rings. The van der Waals surface area contributed by atoms with Crippen molar-refractivity contribution in [1.29, 1.82) is 0 Å². The summed E-state index contributed by atoms with van der Waals surface area (Å²) < 4.78 is 13.1. The highest BCUT2D eigenvalue weighted by Gasteiger charge is 2.15. The summed E-state index contributed by atoms with van der Waals surface area (Å²) in [6.07, 6.45) is 5.46. The third-order valence-corrected chi connectivity index (χ3v) is 5.09. The first-order chi connectivity index (χ1) is 14.1. The summed E-state index contributed by atoms with van der Waals surface area (Å²) in [5.41, 5.74) is 2.56. The first-order valence-electron chi connectivity index (χ1n) is 8.72. The molecule has 0 saturated carbocycles. The zero-order valence-electron chi connectivity index (χ0n) is 15.7. The van der Waals surface area contributed by atoms with E-state index in [1.165, 1.54) is 0 Å². The number of anilines is 1. The number of methoxy groups -OCH3 is 2. The van der Waals surface area contributed by atoms with Gasteiger partial charge in [0.2, 0.25) is 5.78 Å². The van der Waals surface area contributed by atoms with Gasteiger partial charge in [-0.1, -0.05) is 0 Å². The van der Waals surface area contributed by atoms with E-state index in [-0.39, 0.29) is 5.91 Å². The molecule has 0 bridgehead atoms. The Labute approximate surface area is 175 Å². The summed E-state index contributed by atoms with van der Waals surface area (Å²) in [5, 5.41) is 2.91. The zero-order chi connectivity index (χ0) is 20.4. The van der Waals surface area contributed by atoms with E-state index in [4.69, 9.17) is 9.47 Å².